The molecule has 1 spiro atoms. The summed E-state index contributed by atoms with van der Waals surface area (Å²) < 4.78 is 0. The highest BCUT2D eigenvalue weighted by atomic mass is 32.2. The molecule has 1 atom stereocenters. The first-order valence-corrected chi connectivity index (χ1v) is 9.32. The van der Waals surface area contributed by atoms with Crippen molar-refractivity contribution in [2.75, 3.05) is 31.1 Å². The first kappa shape index (κ1) is 14.2. The summed E-state index contributed by atoms with van der Waals surface area (Å²) in [5.74, 6) is 2.72. The molecule has 0 aromatic carbocycles. The van der Waals surface area contributed by atoms with Gasteiger partial charge in [0.1, 0.15) is 0 Å². The highest BCUT2D eigenvalue weighted by Crippen LogP contribution is 2.42. The van der Waals surface area contributed by atoms with Crippen LogP contribution in [0, 0.1) is 5.41 Å². The molecule has 2 heterocycles. The van der Waals surface area contributed by atoms with E-state index in [1.54, 1.807) is 0 Å². The summed E-state index contributed by atoms with van der Waals surface area (Å²) >= 11 is 2.19. The Bertz CT molecular complexity index is 302. The number of hydrogen-bond donors (Lipinski definition) is 1. The van der Waals surface area contributed by atoms with Crippen LogP contribution in [0.2, 0.25) is 0 Å². The van der Waals surface area contributed by atoms with Crippen molar-refractivity contribution in [1.29, 1.82) is 0 Å². The summed E-state index contributed by atoms with van der Waals surface area (Å²) in [6.07, 6.45) is 8.62. The van der Waals surface area contributed by atoms with Crippen LogP contribution in [0.3, 0.4) is 0 Å². The van der Waals surface area contributed by atoms with Crippen LogP contribution in [0.4, 0.5) is 0 Å². The number of hydrogen-bond acceptors (Lipinski definition) is 3. The second kappa shape index (κ2) is 5.57. The van der Waals surface area contributed by atoms with E-state index in [4.69, 9.17) is 0 Å². The molecule has 3 aliphatic rings. The standard InChI is InChI=1S/C16H30N2S/c1-15(2)10-14(11-19-13-15)18-9-8-17-12-16(18)6-4-3-5-7-16/h14,17H,3-13H2,1-2H3. The number of piperazine rings is 1. The topological polar surface area (TPSA) is 15.3 Å². The van der Waals surface area contributed by atoms with Crippen LogP contribution in [0.15, 0.2) is 0 Å². The van der Waals surface area contributed by atoms with Crippen LogP contribution in [0.25, 0.3) is 0 Å². The molecule has 1 N–H and O–H groups in total. The molecular formula is C16H30N2S. The molecular weight excluding hydrogens is 252 g/mol. The molecule has 3 heteroatoms. The zero-order chi connectivity index (χ0) is 13.3. The quantitative estimate of drug-likeness (QED) is 0.795. The first-order valence-electron chi connectivity index (χ1n) is 8.17. The van der Waals surface area contributed by atoms with E-state index in [0.717, 1.165) is 6.04 Å². The van der Waals surface area contributed by atoms with Crippen LogP contribution in [-0.2, 0) is 0 Å². The second-order valence-electron chi connectivity index (χ2n) is 7.69. The highest BCUT2D eigenvalue weighted by Gasteiger charge is 2.44. The Labute approximate surface area is 123 Å². The van der Waals surface area contributed by atoms with E-state index in [0.29, 0.717) is 11.0 Å². The molecule has 2 saturated heterocycles. The van der Waals surface area contributed by atoms with E-state index in [9.17, 15) is 0 Å². The van der Waals surface area contributed by atoms with Crippen LogP contribution < -0.4 is 5.32 Å². The van der Waals surface area contributed by atoms with Gasteiger partial charge in [-0.25, -0.2) is 0 Å². The minimum absolute atomic E-state index is 0.509. The molecule has 1 saturated carbocycles. The molecule has 1 aliphatic carbocycles. The lowest BCUT2D eigenvalue weighted by Gasteiger charge is -2.55. The van der Waals surface area contributed by atoms with Gasteiger partial charge in [-0.3, -0.25) is 4.90 Å². The molecule has 2 nitrogen and oxygen atoms in total. The van der Waals surface area contributed by atoms with Gasteiger partial charge in [0.05, 0.1) is 0 Å². The average molecular weight is 282 g/mol. The van der Waals surface area contributed by atoms with Gasteiger partial charge < -0.3 is 5.32 Å². The fourth-order valence-corrected chi connectivity index (χ4v) is 5.89. The lowest BCUT2D eigenvalue weighted by molar-refractivity contribution is -0.0128. The van der Waals surface area contributed by atoms with Crippen molar-refractivity contribution in [3.63, 3.8) is 0 Å². The van der Waals surface area contributed by atoms with Gasteiger partial charge in [0.2, 0.25) is 0 Å². The number of nitrogens with zero attached hydrogens (tertiary/aromatic N) is 1. The Morgan fingerprint density at radius 2 is 1.95 bits per heavy atom. The third-order valence-corrected chi connectivity index (χ3v) is 7.02. The Balaban J connectivity index is 1.76. The molecule has 110 valence electrons. The average Bonchev–Trinajstić information content (AvgIpc) is 2.39. The molecule has 19 heavy (non-hydrogen) atoms. The maximum Gasteiger partial charge on any atom is 0.0337 e. The van der Waals surface area contributed by atoms with Gasteiger partial charge in [0, 0.05) is 37.0 Å². The van der Waals surface area contributed by atoms with Gasteiger partial charge in [-0.2, -0.15) is 11.8 Å². The summed E-state index contributed by atoms with van der Waals surface area (Å²) in [5, 5.41) is 3.69. The van der Waals surface area contributed by atoms with Crippen molar-refractivity contribution in [2.45, 2.75) is 64.0 Å². The van der Waals surface area contributed by atoms with Gasteiger partial charge in [-0.15, -0.1) is 0 Å². The van der Waals surface area contributed by atoms with Crippen molar-refractivity contribution in [1.82, 2.24) is 10.2 Å². The SMILES string of the molecule is CC1(C)CSCC(N2CCNCC23CCCCC3)C1. The van der Waals surface area contributed by atoms with Gasteiger partial charge in [-0.05, 0) is 30.4 Å². The zero-order valence-corrected chi connectivity index (χ0v) is 13.5. The third-order valence-electron chi connectivity index (χ3n) is 5.41. The minimum Gasteiger partial charge on any atom is -0.314 e. The lowest BCUT2D eigenvalue weighted by atomic mass is 9.76. The van der Waals surface area contributed by atoms with Crippen LogP contribution in [0.1, 0.15) is 52.4 Å². The highest BCUT2D eigenvalue weighted by molar-refractivity contribution is 7.99. The second-order valence-corrected chi connectivity index (χ2v) is 8.72. The van der Waals surface area contributed by atoms with Gasteiger partial charge in [0.15, 0.2) is 0 Å². The zero-order valence-electron chi connectivity index (χ0n) is 12.7. The summed E-state index contributed by atoms with van der Waals surface area (Å²) in [5.41, 5.74) is 1.05. The van der Waals surface area contributed by atoms with Crippen LogP contribution >= 0.6 is 11.8 Å². The lowest BCUT2D eigenvalue weighted by Crippen LogP contribution is -2.66. The molecule has 3 fully saturated rings. The van der Waals surface area contributed by atoms with Crippen molar-refractivity contribution in [3.05, 3.63) is 0 Å². The van der Waals surface area contributed by atoms with Gasteiger partial charge in [0.25, 0.3) is 0 Å². The van der Waals surface area contributed by atoms with Crippen molar-refractivity contribution in [3.8, 4) is 0 Å². The summed E-state index contributed by atoms with van der Waals surface area (Å²) in [4.78, 5) is 2.94. The number of nitrogens with one attached hydrogen (secondary N) is 1. The normalized spacial score (nSPS) is 35.4. The molecule has 3 rings (SSSR count). The Morgan fingerprint density at radius 3 is 2.68 bits per heavy atom. The molecule has 0 bridgehead atoms. The summed E-state index contributed by atoms with van der Waals surface area (Å²) in [6, 6.07) is 0.828. The summed E-state index contributed by atoms with van der Waals surface area (Å²) in [7, 11) is 0. The number of thioether (sulfide) groups is 1. The van der Waals surface area contributed by atoms with E-state index < -0.39 is 0 Å². The van der Waals surface area contributed by atoms with Gasteiger partial charge in [-0.1, -0.05) is 33.1 Å². The molecule has 0 aromatic heterocycles. The van der Waals surface area contributed by atoms with Crippen LogP contribution in [0.5, 0.6) is 0 Å². The van der Waals surface area contributed by atoms with Crippen molar-refractivity contribution >= 4 is 11.8 Å². The molecule has 0 aromatic rings. The first-order chi connectivity index (χ1) is 9.11. The van der Waals surface area contributed by atoms with E-state index >= 15 is 0 Å². The minimum atomic E-state index is 0.509. The predicted molar refractivity (Wildman–Crippen MR) is 84.9 cm³/mol. The molecule has 0 radical (unpaired) electrons. The Hall–Kier alpha value is 0.270. The predicted octanol–water partition coefficient (Wildman–Crippen LogP) is 3.13. The summed E-state index contributed by atoms with van der Waals surface area (Å²) in [6.45, 7) is 8.64. The Morgan fingerprint density at radius 1 is 1.16 bits per heavy atom. The number of rotatable bonds is 1. The fraction of sp³-hybridized carbons (Fsp3) is 1.00. The third kappa shape index (κ3) is 2.98. The Kier molecular flexibility index (Phi) is 4.17. The largest absolute Gasteiger partial charge is 0.314 e. The van der Waals surface area contributed by atoms with Gasteiger partial charge >= 0.3 is 0 Å². The van der Waals surface area contributed by atoms with E-state index in [1.165, 1.54) is 69.7 Å². The molecule has 0 amide bonds. The maximum absolute atomic E-state index is 3.69. The molecule has 2 aliphatic heterocycles. The van der Waals surface area contributed by atoms with E-state index in [-0.39, 0.29) is 0 Å². The van der Waals surface area contributed by atoms with Crippen LogP contribution in [-0.4, -0.2) is 47.6 Å². The maximum atomic E-state index is 3.69. The van der Waals surface area contributed by atoms with E-state index in [2.05, 4.69) is 35.8 Å². The van der Waals surface area contributed by atoms with E-state index in [1.807, 2.05) is 0 Å². The smallest absolute Gasteiger partial charge is 0.0337 e. The fourth-order valence-electron chi connectivity index (χ4n) is 4.53. The monoisotopic (exact) mass is 282 g/mol. The van der Waals surface area contributed by atoms with Crippen molar-refractivity contribution < 1.29 is 0 Å². The molecule has 1 unspecified atom stereocenters. The van der Waals surface area contributed by atoms with Crippen molar-refractivity contribution in [2.24, 2.45) is 5.41 Å².